The minimum atomic E-state index is -0.870. The number of nitrogens with zero attached hydrogens (tertiary/aromatic N) is 1. The van der Waals surface area contributed by atoms with E-state index in [1.165, 1.54) is 12.1 Å². The summed E-state index contributed by atoms with van der Waals surface area (Å²) in [6, 6.07) is 10.1. The van der Waals surface area contributed by atoms with Gasteiger partial charge in [-0.15, -0.1) is 0 Å². The van der Waals surface area contributed by atoms with Crippen molar-refractivity contribution in [3.05, 3.63) is 52.8 Å². The minimum Gasteiger partial charge on any atom is -0.410 e. The van der Waals surface area contributed by atoms with E-state index in [1.807, 2.05) is 18.2 Å². The summed E-state index contributed by atoms with van der Waals surface area (Å²) in [5.74, 6) is 0.424. The third-order valence-electron chi connectivity index (χ3n) is 4.53. The van der Waals surface area contributed by atoms with Gasteiger partial charge in [-0.05, 0) is 55.6 Å². The molecule has 0 aromatic heterocycles. The maximum atomic E-state index is 13.5. The lowest BCUT2D eigenvalue weighted by Crippen LogP contribution is -2.19. The number of hydrogen-bond donors (Lipinski definition) is 1. The third-order valence-corrected chi connectivity index (χ3v) is 4.82. The fraction of sp³-hybridized carbons (Fsp3) is 0.316. The Hall–Kier alpha value is -2.11. The van der Waals surface area contributed by atoms with Crippen LogP contribution < -0.4 is 10.5 Å². The van der Waals surface area contributed by atoms with Gasteiger partial charge in [-0.1, -0.05) is 35.9 Å². The molecule has 1 atom stereocenters. The number of primary amides is 1. The van der Waals surface area contributed by atoms with Crippen LogP contribution in [0.25, 0.3) is 11.1 Å². The monoisotopic (exact) mass is 362 g/mol. The molecule has 0 radical (unpaired) electrons. The van der Waals surface area contributed by atoms with Crippen LogP contribution in [0.15, 0.2) is 36.4 Å². The van der Waals surface area contributed by atoms with Crippen LogP contribution in [0.3, 0.4) is 0 Å². The Morgan fingerprint density at radius 2 is 2.20 bits per heavy atom. The zero-order chi connectivity index (χ0) is 18.0. The number of amides is 1. The summed E-state index contributed by atoms with van der Waals surface area (Å²) in [6.07, 6.45) is 1.01. The van der Waals surface area contributed by atoms with Crippen molar-refractivity contribution in [2.45, 2.75) is 12.8 Å². The van der Waals surface area contributed by atoms with Gasteiger partial charge in [-0.3, -0.25) is 0 Å². The smallest absolute Gasteiger partial charge is 0.409 e. The second-order valence-corrected chi connectivity index (χ2v) is 6.87. The predicted octanol–water partition coefficient (Wildman–Crippen LogP) is 4.10. The van der Waals surface area contributed by atoms with E-state index in [0.29, 0.717) is 22.8 Å². The molecule has 1 aliphatic rings. The van der Waals surface area contributed by atoms with Crippen molar-refractivity contribution in [2.75, 3.05) is 20.1 Å². The maximum Gasteiger partial charge on any atom is 0.409 e. The normalized spacial score (nSPS) is 17.6. The van der Waals surface area contributed by atoms with Crippen molar-refractivity contribution in [1.29, 1.82) is 0 Å². The van der Waals surface area contributed by atoms with E-state index >= 15 is 0 Å². The molecule has 1 aliphatic heterocycles. The van der Waals surface area contributed by atoms with Crippen LogP contribution in [0.2, 0.25) is 5.02 Å². The molecule has 132 valence electrons. The molecule has 0 saturated carbocycles. The summed E-state index contributed by atoms with van der Waals surface area (Å²) in [4.78, 5) is 13.7. The maximum absolute atomic E-state index is 13.5. The van der Waals surface area contributed by atoms with Gasteiger partial charge < -0.3 is 15.4 Å². The lowest BCUT2D eigenvalue weighted by Gasteiger charge is -2.17. The number of ether oxygens (including phenoxy) is 1. The fourth-order valence-corrected chi connectivity index (χ4v) is 3.54. The Morgan fingerprint density at radius 1 is 1.40 bits per heavy atom. The molecule has 0 aliphatic carbocycles. The second kappa shape index (κ2) is 7.42. The molecule has 2 aromatic carbocycles. The molecule has 25 heavy (non-hydrogen) atoms. The van der Waals surface area contributed by atoms with Crippen molar-refractivity contribution >= 4 is 17.7 Å². The molecule has 0 bridgehead atoms. The molecule has 1 fully saturated rings. The largest absolute Gasteiger partial charge is 0.410 e. The van der Waals surface area contributed by atoms with Gasteiger partial charge in [0.25, 0.3) is 0 Å². The Kier molecular flexibility index (Phi) is 5.25. The highest BCUT2D eigenvalue weighted by molar-refractivity contribution is 6.31. The number of hydrogen-bond acceptors (Lipinski definition) is 3. The highest BCUT2D eigenvalue weighted by Gasteiger charge is 2.23. The molecule has 1 heterocycles. The van der Waals surface area contributed by atoms with Gasteiger partial charge in [-0.2, -0.15) is 0 Å². The van der Waals surface area contributed by atoms with Crippen molar-refractivity contribution in [1.82, 2.24) is 4.90 Å². The summed E-state index contributed by atoms with van der Waals surface area (Å²) < 4.78 is 18.8. The van der Waals surface area contributed by atoms with Gasteiger partial charge in [0.2, 0.25) is 0 Å². The number of nitrogens with two attached hydrogens (primary N) is 1. The first-order valence-electron chi connectivity index (χ1n) is 8.17. The lowest BCUT2D eigenvalue weighted by molar-refractivity contribution is 0.210. The van der Waals surface area contributed by atoms with Crippen LogP contribution in [0, 0.1) is 11.7 Å². The number of likely N-dealkylation sites (tertiary alicyclic amines) is 1. The number of carbonyl (C=O) groups is 1. The van der Waals surface area contributed by atoms with E-state index in [0.717, 1.165) is 31.5 Å². The van der Waals surface area contributed by atoms with Crippen LogP contribution in [0.5, 0.6) is 5.75 Å². The average molecular weight is 363 g/mol. The number of benzene rings is 2. The zero-order valence-corrected chi connectivity index (χ0v) is 14.7. The molecule has 2 N–H and O–H groups in total. The summed E-state index contributed by atoms with van der Waals surface area (Å²) in [5, 5.41) is 0.0188. The number of carbonyl (C=O) groups excluding carboxylic acids is 1. The van der Waals surface area contributed by atoms with Crippen LogP contribution in [-0.2, 0) is 6.42 Å². The van der Waals surface area contributed by atoms with Gasteiger partial charge in [0.05, 0.1) is 5.02 Å². The van der Waals surface area contributed by atoms with Crippen LogP contribution in [-0.4, -0.2) is 31.1 Å². The summed E-state index contributed by atoms with van der Waals surface area (Å²) in [5.41, 5.74) is 7.53. The molecule has 3 rings (SSSR count). The van der Waals surface area contributed by atoms with Crippen molar-refractivity contribution in [3.63, 3.8) is 0 Å². The first-order chi connectivity index (χ1) is 11.9. The van der Waals surface area contributed by atoms with E-state index < -0.39 is 11.9 Å². The summed E-state index contributed by atoms with van der Waals surface area (Å²) in [7, 11) is 2.09. The predicted molar refractivity (Wildman–Crippen MR) is 96.4 cm³/mol. The number of para-hydroxylation sites is 1. The standard InChI is InChI=1S/C19H20ClFN2O2/c1-23-8-7-12(11-23)9-14-3-2-4-15(18(14)25-19(22)24)13-5-6-17(21)16(20)10-13/h2-6,10,12H,7-9,11H2,1H3,(H2,22,24)/t12-/m0/s1. The van der Waals surface area contributed by atoms with Gasteiger partial charge in [0, 0.05) is 12.1 Å². The first-order valence-corrected chi connectivity index (χ1v) is 8.55. The Labute approximate surface area is 151 Å². The van der Waals surface area contributed by atoms with Crippen LogP contribution in [0.1, 0.15) is 12.0 Å². The topological polar surface area (TPSA) is 55.6 Å². The van der Waals surface area contributed by atoms with Crippen LogP contribution >= 0.6 is 11.6 Å². The number of halogens is 2. The van der Waals surface area contributed by atoms with Crippen LogP contribution in [0.4, 0.5) is 9.18 Å². The SMILES string of the molecule is CN1CC[C@@H](Cc2cccc(-c3ccc(F)c(Cl)c3)c2OC(N)=O)C1. The van der Waals surface area contributed by atoms with Crippen molar-refractivity contribution < 1.29 is 13.9 Å². The third kappa shape index (κ3) is 4.11. The van der Waals surface area contributed by atoms with E-state index in [9.17, 15) is 9.18 Å². The van der Waals surface area contributed by atoms with E-state index in [2.05, 4.69) is 11.9 Å². The molecule has 4 nitrogen and oxygen atoms in total. The van der Waals surface area contributed by atoms with Gasteiger partial charge in [-0.25, -0.2) is 9.18 Å². The molecule has 0 spiro atoms. The van der Waals surface area contributed by atoms with Crippen molar-refractivity contribution in [3.8, 4) is 16.9 Å². The van der Waals surface area contributed by atoms with E-state index in [4.69, 9.17) is 22.1 Å². The lowest BCUT2D eigenvalue weighted by atomic mass is 9.94. The molecule has 0 unspecified atom stereocenters. The van der Waals surface area contributed by atoms with Gasteiger partial charge in [0.15, 0.2) is 0 Å². The summed E-state index contributed by atoms with van der Waals surface area (Å²) >= 11 is 5.90. The fourth-order valence-electron chi connectivity index (χ4n) is 3.36. The Balaban J connectivity index is 2.00. The molecule has 1 saturated heterocycles. The zero-order valence-electron chi connectivity index (χ0n) is 14.0. The second-order valence-electron chi connectivity index (χ2n) is 6.46. The van der Waals surface area contributed by atoms with Gasteiger partial charge >= 0.3 is 6.09 Å². The number of rotatable bonds is 4. The molecular formula is C19H20ClFN2O2. The molecule has 1 amide bonds. The van der Waals surface area contributed by atoms with Crippen molar-refractivity contribution in [2.24, 2.45) is 11.7 Å². The summed E-state index contributed by atoms with van der Waals surface area (Å²) in [6.45, 7) is 2.06. The van der Waals surface area contributed by atoms with E-state index in [-0.39, 0.29) is 5.02 Å². The molecule has 6 heteroatoms. The Bertz CT molecular complexity index is 797. The first kappa shape index (κ1) is 17.7. The minimum absolute atomic E-state index is 0.0188. The quantitative estimate of drug-likeness (QED) is 0.890. The highest BCUT2D eigenvalue weighted by atomic mass is 35.5. The highest BCUT2D eigenvalue weighted by Crippen LogP contribution is 2.37. The Morgan fingerprint density at radius 3 is 2.84 bits per heavy atom. The molecule has 2 aromatic rings. The molecular weight excluding hydrogens is 343 g/mol. The average Bonchev–Trinajstić information content (AvgIpc) is 2.96. The van der Waals surface area contributed by atoms with Gasteiger partial charge in [0.1, 0.15) is 11.6 Å². The van der Waals surface area contributed by atoms with E-state index in [1.54, 1.807) is 6.07 Å².